The van der Waals surface area contributed by atoms with E-state index in [0.29, 0.717) is 5.92 Å². The normalized spacial score (nSPS) is 25.0. The van der Waals surface area contributed by atoms with Crippen molar-refractivity contribution in [1.82, 2.24) is 0 Å². The molecule has 0 nitrogen and oxygen atoms in total. The second-order valence-corrected chi connectivity index (χ2v) is 9.36. The molecule has 0 radical (unpaired) electrons. The highest BCUT2D eigenvalue weighted by atomic mass is 19.2. The summed E-state index contributed by atoms with van der Waals surface area (Å²) >= 11 is 0. The van der Waals surface area contributed by atoms with Crippen LogP contribution in [0.2, 0.25) is 0 Å². The summed E-state index contributed by atoms with van der Waals surface area (Å²) in [5.74, 6) is 1.82. The molecule has 0 bridgehead atoms. The number of halogens is 2. The Balaban J connectivity index is 1.37. The molecule has 0 saturated heterocycles. The van der Waals surface area contributed by atoms with Gasteiger partial charge in [0.15, 0.2) is 11.6 Å². The second-order valence-electron chi connectivity index (χ2n) is 9.36. The van der Waals surface area contributed by atoms with Gasteiger partial charge in [-0.1, -0.05) is 70.8 Å². The van der Waals surface area contributed by atoms with E-state index in [1.54, 1.807) is 6.07 Å². The molecule has 1 atom stereocenters. The van der Waals surface area contributed by atoms with Gasteiger partial charge in [0.2, 0.25) is 0 Å². The van der Waals surface area contributed by atoms with Gasteiger partial charge in [-0.15, -0.1) is 0 Å². The van der Waals surface area contributed by atoms with E-state index in [1.807, 2.05) is 0 Å². The van der Waals surface area contributed by atoms with E-state index in [-0.39, 0.29) is 0 Å². The van der Waals surface area contributed by atoms with Gasteiger partial charge in [-0.05, 0) is 73.5 Å². The smallest absolute Gasteiger partial charge is 0.159 e. The minimum Gasteiger partial charge on any atom is -0.204 e. The van der Waals surface area contributed by atoms with Crippen LogP contribution in [0.25, 0.3) is 0 Å². The maximum absolute atomic E-state index is 13.5. The average molecular weight is 377 g/mol. The molecule has 1 aromatic rings. The summed E-state index contributed by atoms with van der Waals surface area (Å²) in [5, 5.41) is 0. The summed E-state index contributed by atoms with van der Waals surface area (Å²) in [6, 6.07) is 4.48. The average Bonchev–Trinajstić information content (AvgIpc) is 3.18. The van der Waals surface area contributed by atoms with Crippen molar-refractivity contribution >= 4 is 0 Å². The molecule has 27 heavy (non-hydrogen) atoms. The van der Waals surface area contributed by atoms with Gasteiger partial charge in [0.1, 0.15) is 0 Å². The molecule has 2 saturated carbocycles. The van der Waals surface area contributed by atoms with Crippen molar-refractivity contribution in [3.05, 3.63) is 35.4 Å². The molecule has 2 heteroatoms. The van der Waals surface area contributed by atoms with E-state index < -0.39 is 11.6 Å². The molecule has 2 fully saturated rings. The van der Waals surface area contributed by atoms with E-state index in [9.17, 15) is 8.78 Å². The molecule has 2 aliphatic carbocycles. The quantitative estimate of drug-likeness (QED) is 0.406. The molecule has 152 valence electrons. The highest BCUT2D eigenvalue weighted by Gasteiger charge is 2.24. The van der Waals surface area contributed by atoms with Gasteiger partial charge >= 0.3 is 0 Å². The van der Waals surface area contributed by atoms with Gasteiger partial charge in [-0.25, -0.2) is 8.78 Å². The van der Waals surface area contributed by atoms with Crippen LogP contribution in [0, 0.1) is 29.4 Å². The third-order valence-corrected chi connectivity index (χ3v) is 7.32. The van der Waals surface area contributed by atoms with Gasteiger partial charge < -0.3 is 0 Å². The number of rotatable bonds is 9. The molecule has 0 spiro atoms. The van der Waals surface area contributed by atoms with Crippen molar-refractivity contribution in [2.75, 3.05) is 0 Å². The molecular formula is C25H38F2. The monoisotopic (exact) mass is 376 g/mol. The summed E-state index contributed by atoms with van der Waals surface area (Å²) in [4.78, 5) is 0. The molecule has 0 aliphatic heterocycles. The van der Waals surface area contributed by atoms with Crippen LogP contribution < -0.4 is 0 Å². The zero-order valence-electron chi connectivity index (χ0n) is 17.2. The topological polar surface area (TPSA) is 0 Å². The summed E-state index contributed by atoms with van der Waals surface area (Å²) in [6.07, 6.45) is 19.1. The van der Waals surface area contributed by atoms with Crippen LogP contribution in [0.1, 0.15) is 108 Å². The molecule has 0 aromatic heterocycles. The minimum absolute atomic E-state index is 0.423. The Kier molecular flexibility index (Phi) is 8.15. The summed E-state index contributed by atoms with van der Waals surface area (Å²) in [7, 11) is 0. The van der Waals surface area contributed by atoms with Gasteiger partial charge in [0, 0.05) is 0 Å². The molecule has 1 aromatic carbocycles. The van der Waals surface area contributed by atoms with Gasteiger partial charge in [0.25, 0.3) is 0 Å². The van der Waals surface area contributed by atoms with Gasteiger partial charge in [-0.2, -0.15) is 0 Å². The van der Waals surface area contributed by atoms with Gasteiger partial charge in [0.05, 0.1) is 0 Å². The maximum Gasteiger partial charge on any atom is 0.159 e. The first-order valence-electron chi connectivity index (χ1n) is 11.6. The molecule has 0 heterocycles. The van der Waals surface area contributed by atoms with E-state index >= 15 is 0 Å². The lowest BCUT2D eigenvalue weighted by Crippen LogP contribution is -2.14. The lowest BCUT2D eigenvalue weighted by Gasteiger charge is -2.29. The second kappa shape index (κ2) is 10.6. The van der Waals surface area contributed by atoms with Crippen LogP contribution in [0.4, 0.5) is 8.78 Å². The molecular weight excluding hydrogens is 338 g/mol. The first kappa shape index (κ1) is 20.8. The Labute approximate surface area is 165 Å². The van der Waals surface area contributed by atoms with E-state index in [0.717, 1.165) is 36.2 Å². The largest absolute Gasteiger partial charge is 0.204 e. The molecule has 1 unspecified atom stereocenters. The van der Waals surface area contributed by atoms with Crippen molar-refractivity contribution in [3.63, 3.8) is 0 Å². The van der Waals surface area contributed by atoms with E-state index in [4.69, 9.17) is 0 Å². The lowest BCUT2D eigenvalue weighted by molar-refractivity contribution is 0.278. The van der Waals surface area contributed by atoms with E-state index in [1.165, 1.54) is 89.2 Å². The number of benzene rings is 1. The fourth-order valence-corrected chi connectivity index (χ4v) is 5.75. The molecule has 0 N–H and O–H groups in total. The van der Waals surface area contributed by atoms with Crippen molar-refractivity contribution < 1.29 is 8.78 Å². The number of hydrogen-bond acceptors (Lipinski definition) is 0. The van der Waals surface area contributed by atoms with Crippen LogP contribution in [0.3, 0.4) is 0 Å². The first-order valence-corrected chi connectivity index (χ1v) is 11.6. The third kappa shape index (κ3) is 6.29. The summed E-state index contributed by atoms with van der Waals surface area (Å²) in [6.45, 7) is 2.33. The van der Waals surface area contributed by atoms with E-state index in [2.05, 4.69) is 6.92 Å². The Morgan fingerprint density at radius 3 is 2.30 bits per heavy atom. The Morgan fingerprint density at radius 2 is 1.63 bits per heavy atom. The predicted molar refractivity (Wildman–Crippen MR) is 110 cm³/mol. The SMILES string of the molecule is CCCC(CCCC1CCC(c2ccc(F)c(F)c2)CC1)CC1CCCC1. The van der Waals surface area contributed by atoms with Crippen molar-refractivity contribution in [2.24, 2.45) is 17.8 Å². The summed E-state index contributed by atoms with van der Waals surface area (Å²) < 4.78 is 26.6. The fourth-order valence-electron chi connectivity index (χ4n) is 5.75. The molecule has 0 amide bonds. The highest BCUT2D eigenvalue weighted by Crippen LogP contribution is 2.39. The Morgan fingerprint density at radius 1 is 0.889 bits per heavy atom. The Bertz CT molecular complexity index is 553. The van der Waals surface area contributed by atoms with Crippen LogP contribution >= 0.6 is 0 Å². The van der Waals surface area contributed by atoms with Gasteiger partial charge in [-0.3, -0.25) is 0 Å². The maximum atomic E-state index is 13.5. The van der Waals surface area contributed by atoms with Crippen LogP contribution in [-0.2, 0) is 0 Å². The first-order chi connectivity index (χ1) is 13.2. The van der Waals surface area contributed by atoms with Crippen molar-refractivity contribution in [1.29, 1.82) is 0 Å². The van der Waals surface area contributed by atoms with Crippen LogP contribution in [0.15, 0.2) is 18.2 Å². The highest BCUT2D eigenvalue weighted by molar-refractivity contribution is 5.22. The molecule has 2 aliphatic rings. The van der Waals surface area contributed by atoms with Crippen LogP contribution in [0.5, 0.6) is 0 Å². The standard InChI is InChI=1S/C25H38F2/c1-2-6-20(17-21-7-3-4-8-21)10-5-9-19-11-13-22(14-12-19)23-15-16-24(26)25(27)18-23/h15-16,18-22H,2-14,17H2,1H3. The minimum atomic E-state index is -0.730. The van der Waals surface area contributed by atoms with Crippen LogP contribution in [-0.4, -0.2) is 0 Å². The predicted octanol–water partition coefficient (Wildman–Crippen LogP) is 8.41. The Hall–Kier alpha value is -0.920. The van der Waals surface area contributed by atoms with Crippen molar-refractivity contribution in [2.45, 2.75) is 103 Å². The third-order valence-electron chi connectivity index (χ3n) is 7.32. The van der Waals surface area contributed by atoms with Crippen molar-refractivity contribution in [3.8, 4) is 0 Å². The lowest BCUT2D eigenvalue weighted by atomic mass is 9.76. The zero-order chi connectivity index (χ0) is 19.1. The molecule has 3 rings (SSSR count). The number of hydrogen-bond donors (Lipinski definition) is 0. The summed E-state index contributed by atoms with van der Waals surface area (Å²) in [5.41, 5.74) is 0.993. The fraction of sp³-hybridized carbons (Fsp3) is 0.760. The zero-order valence-corrected chi connectivity index (χ0v) is 17.2.